The van der Waals surface area contributed by atoms with Gasteiger partial charge in [-0.3, -0.25) is 5.10 Å². The zero-order valence-corrected chi connectivity index (χ0v) is 16.6. The number of para-hydroxylation sites is 1. The standard InChI is InChI=1S/C20H21N5O5/c1-11-15-16(13(10-21)18(22)30-19(15)24-23-11)12-4-3-5-14(27-2)17(12)29-20(26)25-6-8-28-9-7-25/h3-5,16H,6-9,22H2,1-2H3,(H,23,24). The minimum absolute atomic E-state index is 0.0465. The molecule has 2 aliphatic heterocycles. The Morgan fingerprint density at radius 3 is 2.87 bits per heavy atom. The summed E-state index contributed by atoms with van der Waals surface area (Å²) in [5, 5.41) is 16.8. The first-order valence-electron chi connectivity index (χ1n) is 9.39. The van der Waals surface area contributed by atoms with Crippen molar-refractivity contribution < 1.29 is 23.7 Å². The number of ether oxygens (including phenoxy) is 4. The van der Waals surface area contributed by atoms with E-state index in [9.17, 15) is 10.1 Å². The molecule has 3 N–H and O–H groups in total. The van der Waals surface area contributed by atoms with Crippen molar-refractivity contribution in [3.8, 4) is 23.4 Å². The fourth-order valence-electron chi connectivity index (χ4n) is 3.64. The third kappa shape index (κ3) is 3.29. The first-order valence-corrected chi connectivity index (χ1v) is 9.39. The quantitative estimate of drug-likeness (QED) is 0.780. The predicted octanol–water partition coefficient (Wildman–Crippen LogP) is 1.78. The first kappa shape index (κ1) is 19.6. The molecule has 4 rings (SSSR count). The fraction of sp³-hybridized carbons (Fsp3) is 0.350. The van der Waals surface area contributed by atoms with Gasteiger partial charge in [0.15, 0.2) is 11.5 Å². The number of fused-ring (bicyclic) bond motifs is 1. The summed E-state index contributed by atoms with van der Waals surface area (Å²) in [6.45, 7) is 3.58. The topological polar surface area (TPSA) is 136 Å². The molecular formula is C20H21N5O5. The van der Waals surface area contributed by atoms with E-state index in [-0.39, 0.29) is 23.1 Å². The summed E-state index contributed by atoms with van der Waals surface area (Å²) in [4.78, 5) is 14.4. The minimum Gasteiger partial charge on any atom is -0.493 e. The van der Waals surface area contributed by atoms with E-state index in [1.54, 1.807) is 23.1 Å². The van der Waals surface area contributed by atoms with E-state index in [1.807, 2.05) is 6.92 Å². The maximum absolute atomic E-state index is 12.8. The minimum atomic E-state index is -0.639. The van der Waals surface area contributed by atoms with Crippen molar-refractivity contribution in [2.24, 2.45) is 5.73 Å². The molecule has 1 atom stereocenters. The number of morpholine rings is 1. The number of carbonyl (C=O) groups is 1. The van der Waals surface area contributed by atoms with Crippen molar-refractivity contribution in [1.29, 1.82) is 5.26 Å². The second kappa shape index (κ2) is 7.96. The lowest BCUT2D eigenvalue weighted by molar-refractivity contribution is 0.0412. The number of nitrogens with zero attached hydrogens (tertiary/aromatic N) is 3. The van der Waals surface area contributed by atoms with Crippen LogP contribution in [0.4, 0.5) is 4.79 Å². The fourth-order valence-corrected chi connectivity index (χ4v) is 3.64. The number of hydrogen-bond donors (Lipinski definition) is 2. The molecule has 10 heteroatoms. The summed E-state index contributed by atoms with van der Waals surface area (Å²) in [6.07, 6.45) is -0.518. The SMILES string of the molecule is COc1cccc(C2C(C#N)=C(N)Oc3n[nH]c(C)c32)c1OC(=O)N1CCOCC1. The van der Waals surface area contributed by atoms with E-state index >= 15 is 0 Å². The number of carbonyl (C=O) groups excluding carboxylic acids is 1. The number of hydrogen-bond acceptors (Lipinski definition) is 8. The van der Waals surface area contributed by atoms with Gasteiger partial charge in [0, 0.05) is 29.9 Å². The molecule has 0 saturated carbocycles. The molecule has 2 aliphatic rings. The van der Waals surface area contributed by atoms with E-state index in [2.05, 4.69) is 16.3 Å². The van der Waals surface area contributed by atoms with E-state index in [4.69, 9.17) is 24.7 Å². The lowest BCUT2D eigenvalue weighted by Crippen LogP contribution is -2.42. The Labute approximate surface area is 172 Å². The van der Waals surface area contributed by atoms with Crippen molar-refractivity contribution in [2.45, 2.75) is 12.8 Å². The largest absolute Gasteiger partial charge is 0.493 e. The number of H-pyrrole nitrogens is 1. The number of nitrogens with one attached hydrogen (secondary N) is 1. The van der Waals surface area contributed by atoms with Crippen LogP contribution in [0.3, 0.4) is 0 Å². The molecule has 30 heavy (non-hydrogen) atoms. The normalized spacial score (nSPS) is 18.3. The van der Waals surface area contributed by atoms with Gasteiger partial charge in [0.2, 0.25) is 11.8 Å². The molecule has 2 aromatic rings. The number of rotatable bonds is 3. The molecular weight excluding hydrogens is 390 g/mol. The molecule has 0 aliphatic carbocycles. The van der Waals surface area contributed by atoms with Gasteiger partial charge in [-0.25, -0.2) is 4.79 Å². The van der Waals surface area contributed by atoms with Gasteiger partial charge in [-0.05, 0) is 13.0 Å². The molecule has 10 nitrogen and oxygen atoms in total. The molecule has 0 spiro atoms. The predicted molar refractivity (Wildman–Crippen MR) is 104 cm³/mol. The summed E-state index contributed by atoms with van der Waals surface area (Å²) < 4.78 is 22.0. The van der Waals surface area contributed by atoms with Crippen LogP contribution in [0.5, 0.6) is 17.4 Å². The van der Waals surface area contributed by atoms with Crippen LogP contribution in [0.2, 0.25) is 0 Å². The molecule has 1 aromatic carbocycles. The number of benzene rings is 1. The van der Waals surface area contributed by atoms with Crippen LogP contribution in [0, 0.1) is 18.3 Å². The van der Waals surface area contributed by atoms with Gasteiger partial charge in [0.1, 0.15) is 11.6 Å². The summed E-state index contributed by atoms with van der Waals surface area (Å²) in [7, 11) is 1.49. The van der Waals surface area contributed by atoms with Gasteiger partial charge < -0.3 is 29.6 Å². The zero-order valence-electron chi connectivity index (χ0n) is 16.6. The second-order valence-corrected chi connectivity index (χ2v) is 6.84. The average Bonchev–Trinajstić information content (AvgIpc) is 3.13. The van der Waals surface area contributed by atoms with Gasteiger partial charge in [-0.15, -0.1) is 5.10 Å². The molecule has 1 unspecified atom stereocenters. The highest BCUT2D eigenvalue weighted by molar-refractivity contribution is 5.73. The third-order valence-corrected chi connectivity index (χ3v) is 5.13. The Bertz CT molecular complexity index is 1050. The summed E-state index contributed by atoms with van der Waals surface area (Å²) in [5.41, 5.74) is 8.11. The lowest BCUT2D eigenvalue weighted by Gasteiger charge is -2.28. The molecule has 1 aromatic heterocycles. The Balaban J connectivity index is 1.82. The van der Waals surface area contributed by atoms with E-state index in [0.29, 0.717) is 48.9 Å². The molecule has 0 bridgehead atoms. The van der Waals surface area contributed by atoms with Crippen LogP contribution in [-0.2, 0) is 4.74 Å². The zero-order chi connectivity index (χ0) is 21.3. The van der Waals surface area contributed by atoms with E-state index < -0.39 is 12.0 Å². The Kier molecular flexibility index (Phi) is 5.20. The van der Waals surface area contributed by atoms with Gasteiger partial charge in [0.05, 0.1) is 26.2 Å². The van der Waals surface area contributed by atoms with Crippen molar-refractivity contribution in [1.82, 2.24) is 15.1 Å². The lowest BCUT2D eigenvalue weighted by atomic mass is 9.83. The van der Waals surface area contributed by atoms with E-state index in [1.165, 1.54) is 7.11 Å². The second-order valence-electron chi connectivity index (χ2n) is 6.84. The van der Waals surface area contributed by atoms with Crippen molar-refractivity contribution in [3.63, 3.8) is 0 Å². The molecule has 1 saturated heterocycles. The average molecular weight is 411 g/mol. The summed E-state index contributed by atoms with van der Waals surface area (Å²) in [6, 6.07) is 7.33. The maximum Gasteiger partial charge on any atom is 0.415 e. The maximum atomic E-state index is 12.8. The molecule has 1 amide bonds. The van der Waals surface area contributed by atoms with Crippen LogP contribution >= 0.6 is 0 Å². The van der Waals surface area contributed by atoms with Crippen molar-refractivity contribution in [2.75, 3.05) is 33.4 Å². The molecule has 156 valence electrons. The van der Waals surface area contributed by atoms with Gasteiger partial charge >= 0.3 is 6.09 Å². The van der Waals surface area contributed by atoms with E-state index in [0.717, 1.165) is 0 Å². The van der Waals surface area contributed by atoms with Gasteiger partial charge in [0.25, 0.3) is 0 Å². The number of methoxy groups -OCH3 is 1. The first-order chi connectivity index (χ1) is 14.5. The Morgan fingerprint density at radius 1 is 1.40 bits per heavy atom. The van der Waals surface area contributed by atoms with Crippen LogP contribution < -0.4 is 19.9 Å². The summed E-state index contributed by atoms with van der Waals surface area (Å²) >= 11 is 0. The monoisotopic (exact) mass is 411 g/mol. The molecule has 1 fully saturated rings. The summed E-state index contributed by atoms with van der Waals surface area (Å²) in [5.74, 6) is 0.173. The number of nitrogens with two attached hydrogens (primary N) is 1. The van der Waals surface area contributed by atoms with Crippen molar-refractivity contribution in [3.05, 3.63) is 46.5 Å². The highest BCUT2D eigenvalue weighted by Gasteiger charge is 2.37. The van der Waals surface area contributed by atoms with Crippen LogP contribution in [0.15, 0.2) is 29.7 Å². The number of allylic oxidation sites excluding steroid dienone is 1. The third-order valence-electron chi connectivity index (χ3n) is 5.13. The molecule has 0 radical (unpaired) electrons. The van der Waals surface area contributed by atoms with Crippen LogP contribution in [-0.4, -0.2) is 54.6 Å². The Morgan fingerprint density at radius 2 is 2.17 bits per heavy atom. The smallest absolute Gasteiger partial charge is 0.415 e. The van der Waals surface area contributed by atoms with Crippen molar-refractivity contribution >= 4 is 6.09 Å². The Hall–Kier alpha value is -3.71. The number of amides is 1. The number of nitriles is 1. The van der Waals surface area contributed by atoms with Gasteiger partial charge in [-0.2, -0.15) is 5.26 Å². The van der Waals surface area contributed by atoms with Crippen LogP contribution in [0.25, 0.3) is 0 Å². The van der Waals surface area contributed by atoms with Gasteiger partial charge in [-0.1, -0.05) is 12.1 Å². The molecule has 3 heterocycles. The number of aryl methyl sites for hydroxylation is 1. The van der Waals surface area contributed by atoms with Crippen LogP contribution in [0.1, 0.15) is 22.7 Å². The highest BCUT2D eigenvalue weighted by Crippen LogP contribution is 2.47. The highest BCUT2D eigenvalue weighted by atomic mass is 16.6. The number of aromatic amines is 1. The number of aromatic nitrogens is 2.